The molecule has 1 aromatic heterocycles. The summed E-state index contributed by atoms with van der Waals surface area (Å²) in [5, 5.41) is 7.36. The Morgan fingerprint density at radius 1 is 1.04 bits per heavy atom. The molecule has 0 aliphatic rings. The molecule has 1 N–H and O–H groups in total. The van der Waals surface area contributed by atoms with Gasteiger partial charge in [0, 0.05) is 17.3 Å². The molecule has 0 radical (unpaired) electrons. The number of methoxy groups -OCH3 is 1. The lowest BCUT2D eigenvalue weighted by atomic mass is 10.0. The number of nitrogens with one attached hydrogen (secondary N) is 1. The van der Waals surface area contributed by atoms with E-state index in [1.165, 1.54) is 0 Å². The number of hydrazone groups is 1. The zero-order chi connectivity index (χ0) is 18.6. The van der Waals surface area contributed by atoms with Gasteiger partial charge in [-0.1, -0.05) is 48.5 Å². The molecule has 0 saturated heterocycles. The smallest absolute Gasteiger partial charge is 0.259 e. The van der Waals surface area contributed by atoms with Gasteiger partial charge in [0.2, 0.25) is 0 Å². The lowest BCUT2D eigenvalue weighted by Crippen LogP contribution is -2.22. The molecule has 0 spiro atoms. The number of nitrogens with zero attached hydrogens (tertiary/aromatic N) is 2. The third-order valence-corrected chi connectivity index (χ3v) is 4.53. The van der Waals surface area contributed by atoms with Gasteiger partial charge in [-0.25, -0.2) is 5.43 Å². The van der Waals surface area contributed by atoms with Crippen molar-refractivity contribution >= 4 is 33.8 Å². The van der Waals surface area contributed by atoms with Gasteiger partial charge in [-0.2, -0.15) is 5.10 Å². The molecule has 4 aromatic rings. The Hall–Kier alpha value is -3.60. The molecule has 1 heterocycles. The number of carbonyl (C=O) groups is 1. The summed E-state index contributed by atoms with van der Waals surface area (Å²) in [6, 6.07) is 21.8. The second-order valence-electron chi connectivity index (χ2n) is 6.20. The number of benzene rings is 3. The molecular formula is C22H19N3O2. The van der Waals surface area contributed by atoms with Crippen LogP contribution in [0.5, 0.6) is 5.75 Å². The summed E-state index contributed by atoms with van der Waals surface area (Å²) in [7, 11) is 1.62. The SMILES string of the molecule is COc1ccc2ccccc2c1/C=N/NC(=O)Cn1ccc2ccccc21. The zero-order valence-corrected chi connectivity index (χ0v) is 14.9. The van der Waals surface area contributed by atoms with Crippen LogP contribution in [0.3, 0.4) is 0 Å². The van der Waals surface area contributed by atoms with E-state index in [0.29, 0.717) is 5.75 Å². The first kappa shape index (κ1) is 16.8. The molecule has 5 heteroatoms. The van der Waals surface area contributed by atoms with Gasteiger partial charge in [0.1, 0.15) is 12.3 Å². The van der Waals surface area contributed by atoms with E-state index < -0.39 is 0 Å². The predicted octanol–water partition coefficient (Wildman–Crippen LogP) is 3.95. The first-order valence-electron chi connectivity index (χ1n) is 8.68. The second-order valence-corrected chi connectivity index (χ2v) is 6.20. The monoisotopic (exact) mass is 357 g/mol. The second kappa shape index (κ2) is 7.33. The summed E-state index contributed by atoms with van der Waals surface area (Å²) >= 11 is 0. The van der Waals surface area contributed by atoms with E-state index >= 15 is 0 Å². The number of aromatic nitrogens is 1. The van der Waals surface area contributed by atoms with E-state index in [0.717, 1.165) is 27.2 Å². The van der Waals surface area contributed by atoms with Crippen molar-refractivity contribution in [3.05, 3.63) is 78.5 Å². The summed E-state index contributed by atoms with van der Waals surface area (Å²) in [6.45, 7) is 0.206. The number of hydrogen-bond donors (Lipinski definition) is 1. The van der Waals surface area contributed by atoms with Gasteiger partial charge in [0.25, 0.3) is 5.91 Å². The molecule has 1 amide bonds. The Morgan fingerprint density at radius 3 is 2.67 bits per heavy atom. The van der Waals surface area contributed by atoms with Crippen molar-refractivity contribution < 1.29 is 9.53 Å². The quantitative estimate of drug-likeness (QED) is 0.434. The van der Waals surface area contributed by atoms with Crippen LogP contribution in [0.25, 0.3) is 21.7 Å². The maximum absolute atomic E-state index is 12.3. The minimum atomic E-state index is -0.188. The van der Waals surface area contributed by atoms with Crippen molar-refractivity contribution in [2.45, 2.75) is 6.54 Å². The highest BCUT2D eigenvalue weighted by atomic mass is 16.5. The maximum Gasteiger partial charge on any atom is 0.259 e. The normalized spacial score (nSPS) is 11.3. The Labute approximate surface area is 156 Å². The molecule has 0 aliphatic heterocycles. The van der Waals surface area contributed by atoms with Crippen molar-refractivity contribution in [1.29, 1.82) is 0 Å². The average molecular weight is 357 g/mol. The summed E-state index contributed by atoms with van der Waals surface area (Å²) in [5.74, 6) is 0.523. The summed E-state index contributed by atoms with van der Waals surface area (Å²) < 4.78 is 7.34. The highest BCUT2D eigenvalue weighted by Gasteiger charge is 2.07. The molecule has 4 rings (SSSR count). The van der Waals surface area contributed by atoms with Crippen LogP contribution in [0, 0.1) is 0 Å². The number of amides is 1. The summed E-state index contributed by atoms with van der Waals surface area (Å²) in [6.07, 6.45) is 3.54. The Bertz CT molecular complexity index is 1140. The van der Waals surface area contributed by atoms with Gasteiger partial charge in [-0.3, -0.25) is 4.79 Å². The topological polar surface area (TPSA) is 55.6 Å². The number of fused-ring (bicyclic) bond motifs is 2. The molecule has 0 fully saturated rings. The molecule has 0 saturated carbocycles. The van der Waals surface area contributed by atoms with E-state index in [1.54, 1.807) is 13.3 Å². The third kappa shape index (κ3) is 3.40. The van der Waals surface area contributed by atoms with Crippen LogP contribution in [0.1, 0.15) is 5.56 Å². The largest absolute Gasteiger partial charge is 0.496 e. The van der Waals surface area contributed by atoms with E-state index in [4.69, 9.17) is 4.74 Å². The minimum absolute atomic E-state index is 0.188. The molecule has 27 heavy (non-hydrogen) atoms. The molecule has 134 valence electrons. The van der Waals surface area contributed by atoms with Crippen LogP contribution >= 0.6 is 0 Å². The maximum atomic E-state index is 12.3. The van der Waals surface area contributed by atoms with Crippen LogP contribution in [-0.4, -0.2) is 23.8 Å². The Balaban J connectivity index is 1.52. The van der Waals surface area contributed by atoms with Gasteiger partial charge in [-0.05, 0) is 34.4 Å². The van der Waals surface area contributed by atoms with E-state index in [-0.39, 0.29) is 12.5 Å². The minimum Gasteiger partial charge on any atom is -0.496 e. The van der Waals surface area contributed by atoms with Crippen LogP contribution in [-0.2, 0) is 11.3 Å². The molecule has 5 nitrogen and oxygen atoms in total. The van der Waals surface area contributed by atoms with Gasteiger partial charge >= 0.3 is 0 Å². The van der Waals surface area contributed by atoms with Crippen molar-refractivity contribution in [2.75, 3.05) is 7.11 Å². The van der Waals surface area contributed by atoms with Gasteiger partial charge < -0.3 is 9.30 Å². The van der Waals surface area contributed by atoms with E-state index in [9.17, 15) is 4.79 Å². The van der Waals surface area contributed by atoms with Crippen molar-refractivity contribution in [2.24, 2.45) is 5.10 Å². The number of rotatable bonds is 5. The fraction of sp³-hybridized carbons (Fsp3) is 0.0909. The lowest BCUT2D eigenvalue weighted by molar-refractivity contribution is -0.121. The molecule has 3 aromatic carbocycles. The summed E-state index contributed by atoms with van der Waals surface area (Å²) in [5.41, 5.74) is 4.46. The van der Waals surface area contributed by atoms with Gasteiger partial charge in [0.15, 0.2) is 0 Å². The van der Waals surface area contributed by atoms with E-state index in [2.05, 4.69) is 10.5 Å². The average Bonchev–Trinajstić information content (AvgIpc) is 3.11. The number of ether oxygens (including phenoxy) is 1. The van der Waals surface area contributed by atoms with Crippen molar-refractivity contribution in [3.63, 3.8) is 0 Å². The highest BCUT2D eigenvalue weighted by Crippen LogP contribution is 2.26. The first-order chi connectivity index (χ1) is 13.3. The molecular weight excluding hydrogens is 338 g/mol. The van der Waals surface area contributed by atoms with Crippen molar-refractivity contribution in [1.82, 2.24) is 9.99 Å². The number of hydrogen-bond acceptors (Lipinski definition) is 3. The van der Waals surface area contributed by atoms with Gasteiger partial charge in [-0.15, -0.1) is 0 Å². The Kier molecular flexibility index (Phi) is 4.58. The molecule has 0 aliphatic carbocycles. The van der Waals surface area contributed by atoms with Crippen LogP contribution in [0.2, 0.25) is 0 Å². The number of para-hydroxylation sites is 1. The van der Waals surface area contributed by atoms with Crippen molar-refractivity contribution in [3.8, 4) is 5.75 Å². The predicted molar refractivity (Wildman–Crippen MR) is 108 cm³/mol. The summed E-state index contributed by atoms with van der Waals surface area (Å²) in [4.78, 5) is 12.3. The molecule has 0 atom stereocenters. The molecule has 0 bridgehead atoms. The van der Waals surface area contributed by atoms with Crippen LogP contribution < -0.4 is 10.2 Å². The van der Waals surface area contributed by atoms with Crippen LogP contribution in [0.4, 0.5) is 0 Å². The highest BCUT2D eigenvalue weighted by molar-refractivity contribution is 6.02. The van der Waals surface area contributed by atoms with Gasteiger partial charge in [0.05, 0.1) is 13.3 Å². The fourth-order valence-electron chi connectivity index (χ4n) is 3.22. The standard InChI is InChI=1S/C22H19N3O2/c1-27-21-11-10-16-6-2-4-8-18(16)19(21)14-23-24-22(26)15-25-13-12-17-7-3-5-9-20(17)25/h2-14H,15H2,1H3,(H,24,26)/b23-14+. The van der Waals surface area contributed by atoms with Crippen LogP contribution in [0.15, 0.2) is 78.0 Å². The lowest BCUT2D eigenvalue weighted by Gasteiger charge is -2.08. The third-order valence-electron chi connectivity index (χ3n) is 4.53. The first-order valence-corrected chi connectivity index (χ1v) is 8.68. The Morgan fingerprint density at radius 2 is 1.81 bits per heavy atom. The molecule has 0 unspecified atom stereocenters. The van der Waals surface area contributed by atoms with E-state index in [1.807, 2.05) is 77.5 Å². The number of carbonyl (C=O) groups excluding carboxylic acids is 1. The zero-order valence-electron chi connectivity index (χ0n) is 14.9. The fourth-order valence-corrected chi connectivity index (χ4v) is 3.22.